The van der Waals surface area contributed by atoms with Crippen molar-refractivity contribution in [1.82, 2.24) is 15.2 Å². The van der Waals surface area contributed by atoms with Crippen molar-refractivity contribution in [3.8, 4) is 0 Å². The third-order valence-electron chi connectivity index (χ3n) is 3.21. The molecule has 6 nitrogen and oxygen atoms in total. The van der Waals surface area contributed by atoms with E-state index in [0.29, 0.717) is 18.0 Å². The average Bonchev–Trinajstić information content (AvgIpc) is 2.77. The van der Waals surface area contributed by atoms with E-state index in [4.69, 9.17) is 4.52 Å². The third-order valence-corrected chi connectivity index (χ3v) is 4.61. The zero-order valence-electron chi connectivity index (χ0n) is 12.3. The molecule has 0 unspecified atom stereocenters. The van der Waals surface area contributed by atoms with Crippen molar-refractivity contribution < 1.29 is 12.9 Å². The van der Waals surface area contributed by atoms with Crippen molar-refractivity contribution >= 4 is 10.0 Å². The zero-order valence-corrected chi connectivity index (χ0v) is 13.1. The molecule has 1 heterocycles. The van der Waals surface area contributed by atoms with E-state index in [2.05, 4.69) is 15.2 Å². The second-order valence-electron chi connectivity index (χ2n) is 4.81. The van der Waals surface area contributed by atoms with Crippen molar-refractivity contribution in [2.45, 2.75) is 31.8 Å². The first-order valence-electron chi connectivity index (χ1n) is 6.59. The summed E-state index contributed by atoms with van der Waals surface area (Å²) in [6.45, 7) is 4.33. The Morgan fingerprint density at radius 3 is 2.62 bits per heavy atom. The Hall–Kier alpha value is -1.70. The highest BCUT2D eigenvalue weighted by molar-refractivity contribution is 7.89. The summed E-state index contributed by atoms with van der Waals surface area (Å²) in [6, 6.07) is 6.85. The molecular formula is C14H19N3O3S. The predicted molar refractivity (Wildman–Crippen MR) is 79.2 cm³/mol. The lowest BCUT2D eigenvalue weighted by molar-refractivity contribution is 0.392. The molecule has 0 atom stereocenters. The molecule has 0 aliphatic heterocycles. The van der Waals surface area contributed by atoms with Gasteiger partial charge in [0.15, 0.2) is 0 Å². The molecule has 0 amide bonds. The lowest BCUT2D eigenvalue weighted by Gasteiger charge is -2.08. The Balaban J connectivity index is 2.17. The number of benzene rings is 1. The van der Waals surface area contributed by atoms with Gasteiger partial charge >= 0.3 is 0 Å². The fraction of sp³-hybridized carbons (Fsp3) is 0.357. The van der Waals surface area contributed by atoms with Crippen molar-refractivity contribution in [1.29, 1.82) is 0 Å². The number of nitrogens with zero attached hydrogens (tertiary/aromatic N) is 1. The van der Waals surface area contributed by atoms with Crippen LogP contribution in [-0.4, -0.2) is 20.6 Å². The lowest BCUT2D eigenvalue weighted by Crippen LogP contribution is -2.24. The largest absolute Gasteiger partial charge is 0.361 e. The second kappa shape index (κ2) is 6.38. The van der Waals surface area contributed by atoms with Gasteiger partial charge in [0.25, 0.3) is 0 Å². The molecule has 0 saturated heterocycles. The Kier molecular flexibility index (Phi) is 4.76. The molecule has 1 aromatic heterocycles. The molecule has 0 spiro atoms. The van der Waals surface area contributed by atoms with Crippen molar-refractivity contribution in [2.24, 2.45) is 0 Å². The normalized spacial score (nSPS) is 11.8. The van der Waals surface area contributed by atoms with Gasteiger partial charge in [0.1, 0.15) is 5.76 Å². The van der Waals surface area contributed by atoms with Crippen LogP contribution in [0.2, 0.25) is 0 Å². The van der Waals surface area contributed by atoms with Crippen LogP contribution >= 0.6 is 0 Å². The van der Waals surface area contributed by atoms with E-state index in [1.807, 2.05) is 13.1 Å². The quantitative estimate of drug-likeness (QED) is 0.844. The molecule has 0 aliphatic carbocycles. The Bertz CT molecular complexity index is 703. The average molecular weight is 309 g/mol. The summed E-state index contributed by atoms with van der Waals surface area (Å²) in [6.07, 6.45) is 0. The smallest absolute Gasteiger partial charge is 0.240 e. The number of aryl methyl sites for hydroxylation is 2. The highest BCUT2D eigenvalue weighted by Crippen LogP contribution is 2.15. The Morgan fingerprint density at radius 1 is 1.24 bits per heavy atom. The summed E-state index contributed by atoms with van der Waals surface area (Å²) in [5.41, 5.74) is 2.38. The molecule has 114 valence electrons. The molecular weight excluding hydrogens is 290 g/mol. The van der Waals surface area contributed by atoms with Crippen molar-refractivity contribution in [3.63, 3.8) is 0 Å². The number of sulfonamides is 1. The lowest BCUT2D eigenvalue weighted by atomic mass is 10.2. The van der Waals surface area contributed by atoms with Gasteiger partial charge in [-0.1, -0.05) is 17.3 Å². The maximum absolute atomic E-state index is 12.3. The minimum atomic E-state index is -3.56. The molecule has 0 aliphatic rings. The first-order valence-corrected chi connectivity index (χ1v) is 8.07. The van der Waals surface area contributed by atoms with Crippen LogP contribution in [-0.2, 0) is 23.1 Å². The van der Waals surface area contributed by atoms with Crippen molar-refractivity contribution in [3.05, 3.63) is 46.8 Å². The summed E-state index contributed by atoms with van der Waals surface area (Å²) in [7, 11) is -1.74. The fourth-order valence-corrected chi connectivity index (χ4v) is 3.10. The Morgan fingerprint density at radius 2 is 2.00 bits per heavy atom. The van der Waals surface area contributed by atoms with E-state index in [1.165, 1.54) is 0 Å². The molecule has 0 saturated carbocycles. The predicted octanol–water partition coefficient (Wildman–Crippen LogP) is 1.49. The third kappa shape index (κ3) is 3.69. The number of hydrogen-bond acceptors (Lipinski definition) is 5. The molecule has 0 bridgehead atoms. The molecule has 0 fully saturated rings. The SMILES string of the molecule is CNCc1cccc(S(=O)(=O)NCc2c(C)noc2C)c1. The van der Waals surface area contributed by atoms with Crippen LogP contribution in [0.1, 0.15) is 22.6 Å². The number of aromatic nitrogens is 1. The van der Waals surface area contributed by atoms with E-state index < -0.39 is 10.0 Å². The monoisotopic (exact) mass is 309 g/mol. The first-order chi connectivity index (χ1) is 9.94. The topological polar surface area (TPSA) is 84.2 Å². The van der Waals surface area contributed by atoms with Crippen LogP contribution < -0.4 is 10.0 Å². The van der Waals surface area contributed by atoms with Crippen LogP contribution in [0.3, 0.4) is 0 Å². The van der Waals surface area contributed by atoms with E-state index in [1.54, 1.807) is 32.0 Å². The highest BCUT2D eigenvalue weighted by Gasteiger charge is 2.17. The number of nitrogens with one attached hydrogen (secondary N) is 2. The van der Waals surface area contributed by atoms with Gasteiger partial charge in [-0.25, -0.2) is 13.1 Å². The summed E-state index contributed by atoms with van der Waals surface area (Å²) in [5.74, 6) is 0.624. The van der Waals surface area contributed by atoms with E-state index in [0.717, 1.165) is 11.1 Å². The summed E-state index contributed by atoms with van der Waals surface area (Å²) in [4.78, 5) is 0.252. The summed E-state index contributed by atoms with van der Waals surface area (Å²) >= 11 is 0. The van der Waals surface area contributed by atoms with Gasteiger partial charge in [-0.15, -0.1) is 0 Å². The van der Waals surface area contributed by atoms with Gasteiger partial charge in [-0.05, 0) is 38.6 Å². The highest BCUT2D eigenvalue weighted by atomic mass is 32.2. The van der Waals surface area contributed by atoms with Gasteiger partial charge in [-0.3, -0.25) is 0 Å². The number of hydrogen-bond donors (Lipinski definition) is 2. The van der Waals surface area contributed by atoms with E-state index in [-0.39, 0.29) is 11.4 Å². The Labute approximate surface area is 124 Å². The van der Waals surface area contributed by atoms with Gasteiger partial charge in [0, 0.05) is 18.7 Å². The molecule has 0 radical (unpaired) electrons. The van der Waals surface area contributed by atoms with Crippen LogP contribution in [0.5, 0.6) is 0 Å². The molecule has 2 aromatic rings. The standard InChI is InChI=1S/C14H19N3O3S/c1-10-14(11(2)20-17-10)9-16-21(18,19)13-6-4-5-12(7-13)8-15-3/h4-7,15-16H,8-9H2,1-3H3. The van der Waals surface area contributed by atoms with Crippen molar-refractivity contribution in [2.75, 3.05) is 7.05 Å². The van der Waals surface area contributed by atoms with Crippen LogP contribution in [0.25, 0.3) is 0 Å². The maximum Gasteiger partial charge on any atom is 0.240 e. The second-order valence-corrected chi connectivity index (χ2v) is 6.57. The number of rotatable bonds is 6. The summed E-state index contributed by atoms with van der Waals surface area (Å²) < 4.78 is 32.3. The van der Waals surface area contributed by atoms with Gasteiger partial charge in [-0.2, -0.15) is 0 Å². The molecule has 21 heavy (non-hydrogen) atoms. The molecule has 2 rings (SSSR count). The molecule has 2 N–H and O–H groups in total. The van der Waals surface area contributed by atoms with Gasteiger partial charge in [0.2, 0.25) is 10.0 Å². The van der Waals surface area contributed by atoms with Gasteiger partial charge in [0.05, 0.1) is 10.6 Å². The first kappa shape index (κ1) is 15.7. The molecule has 7 heteroatoms. The maximum atomic E-state index is 12.3. The minimum Gasteiger partial charge on any atom is -0.361 e. The van der Waals surface area contributed by atoms with Gasteiger partial charge < -0.3 is 9.84 Å². The van der Waals surface area contributed by atoms with Crippen LogP contribution in [0.4, 0.5) is 0 Å². The minimum absolute atomic E-state index is 0.166. The summed E-state index contributed by atoms with van der Waals surface area (Å²) in [5, 5.41) is 6.81. The van der Waals surface area contributed by atoms with E-state index >= 15 is 0 Å². The van der Waals surface area contributed by atoms with E-state index in [9.17, 15) is 8.42 Å². The van der Waals surface area contributed by atoms with Crippen LogP contribution in [0.15, 0.2) is 33.7 Å². The van der Waals surface area contributed by atoms with Crippen LogP contribution in [0, 0.1) is 13.8 Å². The zero-order chi connectivity index (χ0) is 15.5. The molecule has 1 aromatic carbocycles. The fourth-order valence-electron chi connectivity index (χ4n) is 2.03.